The Kier molecular flexibility index (Phi) is 8.16. The van der Waals surface area contributed by atoms with Crippen LogP contribution in [0.3, 0.4) is 0 Å². The number of nitrogens with zero attached hydrogens (tertiary/aromatic N) is 2. The average molecular weight is 435 g/mol. The number of carbonyl (C=O) groups excluding carboxylic acids is 1. The average Bonchev–Trinajstić information content (AvgIpc) is 3.18. The second kappa shape index (κ2) is 10.4. The number of amides is 1. The maximum absolute atomic E-state index is 12.8. The van der Waals surface area contributed by atoms with Crippen molar-refractivity contribution in [3.05, 3.63) is 64.2 Å². The van der Waals surface area contributed by atoms with E-state index in [4.69, 9.17) is 10.5 Å². The van der Waals surface area contributed by atoms with Crippen LogP contribution in [-0.4, -0.2) is 48.5 Å². The number of halogens is 1. The van der Waals surface area contributed by atoms with Gasteiger partial charge in [0.15, 0.2) is 0 Å². The fraction of sp³-hybridized carbons (Fsp3) is 0.381. The van der Waals surface area contributed by atoms with Crippen molar-refractivity contribution in [2.45, 2.75) is 18.9 Å². The first-order valence-electron chi connectivity index (χ1n) is 9.57. The van der Waals surface area contributed by atoms with Crippen LogP contribution in [-0.2, 0) is 4.79 Å². The van der Waals surface area contributed by atoms with Gasteiger partial charge in [0, 0.05) is 19.0 Å². The predicted octanol–water partition coefficient (Wildman–Crippen LogP) is 3.03. The van der Waals surface area contributed by atoms with Crippen molar-refractivity contribution in [2.75, 3.05) is 32.1 Å². The number of likely N-dealkylation sites (tertiary alicyclic amines) is 1. The van der Waals surface area contributed by atoms with Crippen LogP contribution in [0, 0.1) is 16.0 Å². The van der Waals surface area contributed by atoms with Gasteiger partial charge in [0.2, 0.25) is 5.91 Å². The Bertz CT molecular complexity index is 881. The smallest absolute Gasteiger partial charge is 0.296 e. The molecule has 0 saturated carbocycles. The summed E-state index contributed by atoms with van der Waals surface area (Å²) < 4.78 is 5.03. The minimum atomic E-state index is -0.533. The summed E-state index contributed by atoms with van der Waals surface area (Å²) in [5.41, 5.74) is 7.16. The number of hydrogen-bond donors (Lipinski definition) is 2. The van der Waals surface area contributed by atoms with E-state index in [1.165, 1.54) is 24.8 Å². The number of rotatable bonds is 7. The zero-order valence-corrected chi connectivity index (χ0v) is 17.8. The minimum absolute atomic E-state index is 0. The number of nitro benzene ring substituents is 1. The molecule has 0 radical (unpaired) electrons. The summed E-state index contributed by atoms with van der Waals surface area (Å²) >= 11 is 0. The van der Waals surface area contributed by atoms with Crippen molar-refractivity contribution in [2.24, 2.45) is 11.7 Å². The Labute approximate surface area is 181 Å². The van der Waals surface area contributed by atoms with Crippen molar-refractivity contribution >= 4 is 29.7 Å². The monoisotopic (exact) mass is 434 g/mol. The van der Waals surface area contributed by atoms with Crippen LogP contribution in [0.5, 0.6) is 5.75 Å². The lowest BCUT2D eigenvalue weighted by molar-refractivity contribution is -0.384. The van der Waals surface area contributed by atoms with Crippen molar-refractivity contribution in [3.63, 3.8) is 0 Å². The maximum atomic E-state index is 12.8. The summed E-state index contributed by atoms with van der Waals surface area (Å²) in [6, 6.07) is 14.1. The van der Waals surface area contributed by atoms with E-state index in [1.54, 1.807) is 6.07 Å². The molecule has 1 fully saturated rings. The molecular formula is C21H27ClN4O4. The number of nitro groups is 1. The normalized spacial score (nSPS) is 19.6. The second-order valence-electron chi connectivity index (χ2n) is 7.27. The van der Waals surface area contributed by atoms with Crippen molar-refractivity contribution in [3.8, 4) is 5.75 Å². The molecule has 2 aromatic carbocycles. The van der Waals surface area contributed by atoms with Gasteiger partial charge in [-0.3, -0.25) is 19.8 Å². The van der Waals surface area contributed by atoms with Gasteiger partial charge in [0.05, 0.1) is 24.1 Å². The topological polar surface area (TPSA) is 111 Å². The van der Waals surface area contributed by atoms with E-state index in [2.05, 4.69) is 22.3 Å². The molecule has 3 atom stereocenters. The quantitative estimate of drug-likeness (QED) is 0.511. The van der Waals surface area contributed by atoms with Crippen LogP contribution in [0.25, 0.3) is 0 Å². The Morgan fingerprint density at radius 1 is 1.30 bits per heavy atom. The van der Waals surface area contributed by atoms with E-state index in [0.717, 1.165) is 0 Å². The van der Waals surface area contributed by atoms with Crippen LogP contribution in [0.1, 0.15) is 18.4 Å². The van der Waals surface area contributed by atoms with Gasteiger partial charge in [-0.1, -0.05) is 30.3 Å². The van der Waals surface area contributed by atoms with Gasteiger partial charge in [-0.15, -0.1) is 12.4 Å². The van der Waals surface area contributed by atoms with E-state index in [-0.39, 0.29) is 41.5 Å². The number of anilines is 1. The summed E-state index contributed by atoms with van der Waals surface area (Å²) in [6.07, 6.45) is 0. The fourth-order valence-corrected chi connectivity index (χ4v) is 3.84. The van der Waals surface area contributed by atoms with Crippen LogP contribution >= 0.6 is 12.4 Å². The first-order chi connectivity index (χ1) is 13.9. The van der Waals surface area contributed by atoms with Crippen LogP contribution in [0.4, 0.5) is 11.4 Å². The van der Waals surface area contributed by atoms with E-state index >= 15 is 0 Å². The van der Waals surface area contributed by atoms with Gasteiger partial charge in [0.1, 0.15) is 11.4 Å². The first-order valence-corrected chi connectivity index (χ1v) is 9.57. The lowest BCUT2D eigenvalue weighted by atomic mass is 9.89. The van der Waals surface area contributed by atoms with Crippen LogP contribution in [0.15, 0.2) is 48.5 Å². The minimum Gasteiger partial charge on any atom is -0.496 e. The van der Waals surface area contributed by atoms with Gasteiger partial charge in [-0.05, 0) is 37.1 Å². The highest BCUT2D eigenvalue weighted by atomic mass is 35.5. The number of benzene rings is 2. The number of nitrogens with two attached hydrogens (primary N) is 1. The largest absolute Gasteiger partial charge is 0.496 e. The number of nitrogens with one attached hydrogen (secondary N) is 1. The molecule has 162 valence electrons. The highest BCUT2D eigenvalue weighted by Crippen LogP contribution is 2.34. The molecule has 0 bridgehead atoms. The Balaban J connectivity index is 0.00000320. The Hall–Kier alpha value is -2.68. The summed E-state index contributed by atoms with van der Waals surface area (Å²) in [6.45, 7) is 3.76. The second-order valence-corrected chi connectivity index (χ2v) is 7.27. The number of hydrogen-bond acceptors (Lipinski definition) is 6. The third-order valence-electron chi connectivity index (χ3n) is 5.59. The molecular weight excluding hydrogens is 408 g/mol. The molecule has 0 aromatic heterocycles. The highest BCUT2D eigenvalue weighted by Gasteiger charge is 2.37. The summed E-state index contributed by atoms with van der Waals surface area (Å²) in [7, 11) is 1.43. The highest BCUT2D eigenvalue weighted by molar-refractivity contribution is 5.96. The van der Waals surface area contributed by atoms with Gasteiger partial charge in [-0.25, -0.2) is 0 Å². The maximum Gasteiger partial charge on any atom is 0.296 e. The molecule has 30 heavy (non-hydrogen) atoms. The molecule has 3 N–H and O–H groups in total. The van der Waals surface area contributed by atoms with Crippen molar-refractivity contribution in [1.29, 1.82) is 0 Å². The zero-order chi connectivity index (χ0) is 21.0. The molecule has 3 rings (SSSR count). The number of carbonyl (C=O) groups is 1. The molecule has 1 saturated heterocycles. The van der Waals surface area contributed by atoms with Crippen LogP contribution < -0.4 is 15.8 Å². The van der Waals surface area contributed by atoms with Crippen molar-refractivity contribution in [1.82, 2.24) is 4.90 Å². The van der Waals surface area contributed by atoms with Gasteiger partial charge < -0.3 is 15.8 Å². The summed E-state index contributed by atoms with van der Waals surface area (Å²) in [5.74, 6) is 0.580. The molecule has 1 unspecified atom stereocenters. The molecule has 1 aliphatic heterocycles. The molecule has 0 spiro atoms. The summed E-state index contributed by atoms with van der Waals surface area (Å²) in [4.78, 5) is 25.7. The molecule has 1 heterocycles. The van der Waals surface area contributed by atoms with E-state index in [0.29, 0.717) is 25.4 Å². The van der Waals surface area contributed by atoms with Crippen molar-refractivity contribution < 1.29 is 14.5 Å². The van der Waals surface area contributed by atoms with Gasteiger partial charge in [-0.2, -0.15) is 0 Å². The van der Waals surface area contributed by atoms with Gasteiger partial charge >= 0.3 is 0 Å². The number of methoxy groups -OCH3 is 1. The third kappa shape index (κ3) is 5.08. The van der Waals surface area contributed by atoms with Gasteiger partial charge in [0.25, 0.3) is 5.69 Å². The Morgan fingerprint density at radius 2 is 2.00 bits per heavy atom. The third-order valence-corrected chi connectivity index (χ3v) is 5.59. The SMILES string of the molecule is COc1ccc(NC(=O)C(C)N2C[C@@H](CN)[C@H](c3ccccc3)C2)c([N+](=O)[O-])c1.Cl. The lowest BCUT2D eigenvalue weighted by Crippen LogP contribution is -2.41. The van der Waals surface area contributed by atoms with E-state index in [9.17, 15) is 14.9 Å². The molecule has 2 aromatic rings. The summed E-state index contributed by atoms with van der Waals surface area (Å²) in [5, 5.41) is 14.1. The van der Waals surface area contributed by atoms with E-state index < -0.39 is 11.0 Å². The molecule has 0 aliphatic carbocycles. The molecule has 9 heteroatoms. The molecule has 8 nitrogen and oxygen atoms in total. The first kappa shape index (κ1) is 23.6. The molecule has 1 amide bonds. The predicted molar refractivity (Wildman–Crippen MR) is 118 cm³/mol. The fourth-order valence-electron chi connectivity index (χ4n) is 3.84. The standard InChI is InChI=1S/C21H26N4O4.ClH/c1-14(21(26)23-19-9-8-17(29-2)10-20(19)25(27)28)24-12-16(11-22)18(13-24)15-6-4-3-5-7-15;/h3-10,14,16,18H,11-13,22H2,1-2H3,(H,23,26);1H/t14?,16-,18+;/m1./s1. The number of ether oxygens (including phenoxy) is 1. The lowest BCUT2D eigenvalue weighted by Gasteiger charge is -2.23. The molecule has 1 aliphatic rings. The van der Waals surface area contributed by atoms with Crippen LogP contribution in [0.2, 0.25) is 0 Å². The zero-order valence-electron chi connectivity index (χ0n) is 17.0. The van der Waals surface area contributed by atoms with E-state index in [1.807, 2.05) is 25.1 Å². The Morgan fingerprint density at radius 3 is 2.60 bits per heavy atom.